The van der Waals surface area contributed by atoms with Gasteiger partial charge in [-0.3, -0.25) is 4.79 Å². The predicted octanol–water partition coefficient (Wildman–Crippen LogP) is 0.127. The number of ketones is 1. The number of aromatic nitrogens is 3. The summed E-state index contributed by atoms with van der Waals surface area (Å²) in [5.74, 6) is -0.0932. The Hall–Kier alpha value is -1.23. The van der Waals surface area contributed by atoms with Gasteiger partial charge in [0.25, 0.3) is 0 Å². The molecule has 12 heavy (non-hydrogen) atoms. The highest BCUT2D eigenvalue weighted by atomic mass is 16.5. The summed E-state index contributed by atoms with van der Waals surface area (Å²) in [5.41, 5.74) is 0.499. The summed E-state index contributed by atoms with van der Waals surface area (Å²) in [6, 6.07) is 0. The number of Topliss-reactive ketones (excluding diaryl/α,β-unsaturated/α-hetero) is 1. The normalized spacial score (nSPS) is 10.2. The van der Waals surface area contributed by atoms with Crippen LogP contribution in [0.15, 0.2) is 6.20 Å². The quantitative estimate of drug-likeness (QED) is 0.601. The van der Waals surface area contributed by atoms with Gasteiger partial charge >= 0.3 is 0 Å². The predicted molar refractivity (Wildman–Crippen MR) is 41.9 cm³/mol. The van der Waals surface area contributed by atoms with E-state index >= 15 is 0 Å². The zero-order chi connectivity index (χ0) is 8.97. The van der Waals surface area contributed by atoms with Crippen molar-refractivity contribution in [3.05, 3.63) is 11.9 Å². The van der Waals surface area contributed by atoms with Gasteiger partial charge in [0, 0.05) is 13.7 Å². The van der Waals surface area contributed by atoms with E-state index in [1.807, 2.05) is 6.92 Å². The number of carbonyl (C=O) groups is 1. The van der Waals surface area contributed by atoms with E-state index in [-0.39, 0.29) is 12.4 Å². The van der Waals surface area contributed by atoms with E-state index in [2.05, 4.69) is 10.3 Å². The molecule has 1 aromatic rings. The monoisotopic (exact) mass is 169 g/mol. The molecule has 1 rings (SSSR count). The highest BCUT2D eigenvalue weighted by Crippen LogP contribution is 1.97. The molecule has 0 atom stereocenters. The molecule has 1 aromatic heterocycles. The molecule has 1 heterocycles. The molecule has 0 fully saturated rings. The third-order valence-corrected chi connectivity index (χ3v) is 1.48. The molecule has 0 unspecified atom stereocenters. The number of methoxy groups -OCH3 is 1. The number of rotatable bonds is 4. The Morgan fingerprint density at radius 2 is 2.50 bits per heavy atom. The molecule has 0 radical (unpaired) electrons. The van der Waals surface area contributed by atoms with Crippen molar-refractivity contribution in [3.63, 3.8) is 0 Å². The molecule has 0 aromatic carbocycles. The minimum absolute atomic E-state index is 0.0768. The Kier molecular flexibility index (Phi) is 2.93. The lowest BCUT2D eigenvalue weighted by Crippen LogP contribution is -2.13. The molecule has 5 nitrogen and oxygen atoms in total. The maximum absolute atomic E-state index is 11.3. The van der Waals surface area contributed by atoms with Gasteiger partial charge in [-0.1, -0.05) is 5.21 Å². The third kappa shape index (κ3) is 1.68. The average molecular weight is 169 g/mol. The molecule has 0 spiro atoms. The van der Waals surface area contributed by atoms with Gasteiger partial charge in [-0.05, 0) is 6.92 Å². The molecule has 0 aliphatic heterocycles. The molecule has 0 bridgehead atoms. The second-order valence-corrected chi connectivity index (χ2v) is 2.29. The first-order chi connectivity index (χ1) is 5.79. The SMILES string of the molecule is CCn1nncc1C(=O)COC. The number of hydrogen-bond donors (Lipinski definition) is 0. The van der Waals surface area contributed by atoms with E-state index in [1.165, 1.54) is 13.3 Å². The first-order valence-electron chi connectivity index (χ1n) is 3.70. The van der Waals surface area contributed by atoms with Gasteiger partial charge in [0.05, 0.1) is 6.20 Å². The first-order valence-corrected chi connectivity index (χ1v) is 3.70. The van der Waals surface area contributed by atoms with Crippen molar-refractivity contribution in [2.45, 2.75) is 13.5 Å². The first kappa shape index (κ1) is 8.86. The minimum atomic E-state index is -0.0932. The van der Waals surface area contributed by atoms with Gasteiger partial charge in [0.1, 0.15) is 12.3 Å². The fraction of sp³-hybridized carbons (Fsp3) is 0.571. The Morgan fingerprint density at radius 1 is 1.75 bits per heavy atom. The summed E-state index contributed by atoms with van der Waals surface area (Å²) in [6.07, 6.45) is 1.45. The maximum atomic E-state index is 11.3. The highest BCUT2D eigenvalue weighted by Gasteiger charge is 2.10. The molecule has 0 saturated carbocycles. The smallest absolute Gasteiger partial charge is 0.208 e. The van der Waals surface area contributed by atoms with E-state index in [9.17, 15) is 4.79 Å². The maximum Gasteiger partial charge on any atom is 0.208 e. The van der Waals surface area contributed by atoms with E-state index in [4.69, 9.17) is 4.74 Å². The zero-order valence-electron chi connectivity index (χ0n) is 7.15. The van der Waals surface area contributed by atoms with Crippen molar-refractivity contribution in [3.8, 4) is 0 Å². The Morgan fingerprint density at radius 3 is 3.08 bits per heavy atom. The number of hydrogen-bond acceptors (Lipinski definition) is 4. The van der Waals surface area contributed by atoms with Gasteiger partial charge in [0.15, 0.2) is 0 Å². The lowest BCUT2D eigenvalue weighted by molar-refractivity contribution is 0.0837. The van der Waals surface area contributed by atoms with Crippen LogP contribution in [0.3, 0.4) is 0 Å². The average Bonchev–Trinajstić information content (AvgIpc) is 2.51. The summed E-state index contributed by atoms with van der Waals surface area (Å²) in [4.78, 5) is 11.3. The topological polar surface area (TPSA) is 57.0 Å². The van der Waals surface area contributed by atoms with Crippen LogP contribution in [-0.4, -0.2) is 34.5 Å². The number of carbonyl (C=O) groups excluding carboxylic acids is 1. The van der Waals surface area contributed by atoms with E-state index in [1.54, 1.807) is 4.68 Å². The second-order valence-electron chi connectivity index (χ2n) is 2.29. The Labute approximate surface area is 70.3 Å². The van der Waals surface area contributed by atoms with Gasteiger partial charge in [-0.15, -0.1) is 5.10 Å². The van der Waals surface area contributed by atoms with Crippen LogP contribution in [0.25, 0.3) is 0 Å². The van der Waals surface area contributed by atoms with Crippen molar-refractivity contribution in [2.75, 3.05) is 13.7 Å². The Bertz CT molecular complexity index is 269. The molecule has 0 aliphatic rings. The summed E-state index contributed by atoms with van der Waals surface area (Å²) >= 11 is 0. The van der Waals surface area contributed by atoms with E-state index in [0.717, 1.165) is 0 Å². The summed E-state index contributed by atoms with van der Waals surface area (Å²) < 4.78 is 6.25. The van der Waals surface area contributed by atoms with Crippen LogP contribution in [0.1, 0.15) is 17.4 Å². The fourth-order valence-corrected chi connectivity index (χ4v) is 0.912. The zero-order valence-corrected chi connectivity index (χ0v) is 7.15. The lowest BCUT2D eigenvalue weighted by Gasteiger charge is -2.00. The second kappa shape index (κ2) is 3.96. The molecule has 5 heteroatoms. The molecule has 0 amide bonds. The highest BCUT2D eigenvalue weighted by molar-refractivity contribution is 5.95. The van der Waals surface area contributed by atoms with Gasteiger partial charge in [-0.2, -0.15) is 0 Å². The van der Waals surface area contributed by atoms with Crippen LogP contribution in [0.4, 0.5) is 0 Å². The lowest BCUT2D eigenvalue weighted by atomic mass is 10.3. The van der Waals surface area contributed by atoms with Crippen LogP contribution in [0.5, 0.6) is 0 Å². The van der Waals surface area contributed by atoms with Crippen LogP contribution in [0, 0.1) is 0 Å². The molecular formula is C7H11N3O2. The van der Waals surface area contributed by atoms with Crippen LogP contribution >= 0.6 is 0 Å². The van der Waals surface area contributed by atoms with Crippen molar-refractivity contribution < 1.29 is 9.53 Å². The number of nitrogens with zero attached hydrogens (tertiary/aromatic N) is 3. The summed E-state index contributed by atoms with van der Waals surface area (Å²) in [7, 11) is 1.48. The van der Waals surface area contributed by atoms with E-state index < -0.39 is 0 Å². The number of aryl methyl sites for hydroxylation is 1. The van der Waals surface area contributed by atoms with Crippen molar-refractivity contribution in [1.82, 2.24) is 15.0 Å². The molecule has 0 saturated heterocycles. The Balaban J connectivity index is 2.79. The number of ether oxygens (including phenoxy) is 1. The van der Waals surface area contributed by atoms with Crippen molar-refractivity contribution in [1.29, 1.82) is 0 Å². The fourth-order valence-electron chi connectivity index (χ4n) is 0.912. The molecule has 66 valence electrons. The molecule has 0 N–H and O–H groups in total. The summed E-state index contributed by atoms with van der Waals surface area (Å²) in [6.45, 7) is 2.62. The molecular weight excluding hydrogens is 158 g/mol. The van der Waals surface area contributed by atoms with Crippen LogP contribution in [-0.2, 0) is 11.3 Å². The van der Waals surface area contributed by atoms with E-state index in [0.29, 0.717) is 12.2 Å². The minimum Gasteiger partial charge on any atom is -0.376 e. The van der Waals surface area contributed by atoms with Gasteiger partial charge in [0.2, 0.25) is 5.78 Å². The van der Waals surface area contributed by atoms with Crippen molar-refractivity contribution in [2.24, 2.45) is 0 Å². The standard InChI is InChI=1S/C7H11N3O2/c1-3-10-6(4-8-9-10)7(11)5-12-2/h4H,3,5H2,1-2H3. The van der Waals surface area contributed by atoms with Crippen LogP contribution < -0.4 is 0 Å². The van der Waals surface area contributed by atoms with Gasteiger partial charge < -0.3 is 4.74 Å². The third-order valence-electron chi connectivity index (χ3n) is 1.48. The summed E-state index contributed by atoms with van der Waals surface area (Å²) in [5, 5.41) is 7.36. The van der Waals surface area contributed by atoms with Crippen molar-refractivity contribution >= 4 is 5.78 Å². The van der Waals surface area contributed by atoms with Gasteiger partial charge in [-0.25, -0.2) is 4.68 Å². The molecule has 0 aliphatic carbocycles. The largest absolute Gasteiger partial charge is 0.376 e. The van der Waals surface area contributed by atoms with Crippen LogP contribution in [0.2, 0.25) is 0 Å².